The molecule has 0 radical (unpaired) electrons. The van der Waals surface area contributed by atoms with E-state index in [1.165, 1.54) is 40.3 Å². The Labute approximate surface area is 220 Å². The topological polar surface area (TPSA) is 73.9 Å². The second-order valence-corrected chi connectivity index (χ2v) is 9.93. The van der Waals surface area contributed by atoms with Gasteiger partial charge in [0.2, 0.25) is 5.91 Å². The average molecular weight is 523 g/mol. The second kappa shape index (κ2) is 10.8. The largest absolute Gasteiger partial charge is 0.488 e. The van der Waals surface area contributed by atoms with Crippen molar-refractivity contribution in [3.63, 3.8) is 0 Å². The maximum Gasteiger partial charge on any atom is 0.322 e. The van der Waals surface area contributed by atoms with Crippen LogP contribution in [0, 0.1) is 5.82 Å². The van der Waals surface area contributed by atoms with Crippen LogP contribution >= 0.6 is 11.6 Å². The molecule has 7 nitrogen and oxygen atoms in total. The lowest BCUT2D eigenvalue weighted by atomic mass is 9.99. The monoisotopic (exact) mass is 522 g/mol. The first-order chi connectivity index (χ1) is 17.8. The maximum atomic E-state index is 13.4. The third-order valence-electron chi connectivity index (χ3n) is 6.72. The quantitative estimate of drug-likeness (QED) is 0.485. The van der Waals surface area contributed by atoms with Crippen molar-refractivity contribution in [3.05, 3.63) is 88.7 Å². The molecule has 2 aliphatic heterocycles. The van der Waals surface area contributed by atoms with E-state index in [2.05, 4.69) is 22.6 Å². The number of nitrogens with zero attached hydrogens (tertiary/aromatic N) is 2. The van der Waals surface area contributed by atoms with Crippen molar-refractivity contribution in [1.82, 2.24) is 9.80 Å². The Hall–Kier alpha value is -3.62. The minimum absolute atomic E-state index is 0.200. The number of nitrogens with one attached hydrogen (secondary N) is 2. The standard InChI is InChI=1S/C28H28ClFN4O3/c1-33-13-12-18-14-23(7-2-19(18)16-33)31-27(35)26-15-25(37-24-10-5-21(30)6-11-24)17-34(26)28(36)32-22-8-3-20(29)4-9-22/h2-11,14,25-26H,12-13,15-17H2,1H3,(H,31,35)(H,32,36)/t25?,26-/m1/s1. The molecule has 1 saturated heterocycles. The third kappa shape index (κ3) is 6.03. The Morgan fingerprint density at radius 2 is 1.70 bits per heavy atom. The molecule has 0 saturated carbocycles. The number of anilines is 2. The van der Waals surface area contributed by atoms with Gasteiger partial charge in [-0.25, -0.2) is 9.18 Å². The summed E-state index contributed by atoms with van der Waals surface area (Å²) in [4.78, 5) is 30.4. The molecule has 2 N–H and O–H groups in total. The number of rotatable bonds is 5. The smallest absolute Gasteiger partial charge is 0.322 e. The zero-order valence-corrected chi connectivity index (χ0v) is 21.2. The van der Waals surface area contributed by atoms with Crippen LogP contribution in [-0.4, -0.2) is 54.0 Å². The van der Waals surface area contributed by atoms with E-state index >= 15 is 0 Å². The Kier molecular flexibility index (Phi) is 7.30. The molecule has 0 spiro atoms. The van der Waals surface area contributed by atoms with Crippen LogP contribution in [0.3, 0.4) is 0 Å². The lowest BCUT2D eigenvalue weighted by molar-refractivity contribution is -0.119. The van der Waals surface area contributed by atoms with Gasteiger partial charge in [-0.1, -0.05) is 17.7 Å². The van der Waals surface area contributed by atoms with Crippen LogP contribution in [0.5, 0.6) is 5.75 Å². The van der Waals surface area contributed by atoms with Gasteiger partial charge in [0.25, 0.3) is 0 Å². The number of carbonyl (C=O) groups is 2. The molecule has 9 heteroatoms. The van der Waals surface area contributed by atoms with E-state index in [4.69, 9.17) is 16.3 Å². The molecular formula is C28H28ClFN4O3. The summed E-state index contributed by atoms with van der Waals surface area (Å²) in [5.41, 5.74) is 3.74. The van der Waals surface area contributed by atoms with Crippen LogP contribution in [0.25, 0.3) is 0 Å². The maximum absolute atomic E-state index is 13.4. The van der Waals surface area contributed by atoms with Crippen molar-refractivity contribution in [2.75, 3.05) is 30.8 Å². The molecule has 2 heterocycles. The minimum Gasteiger partial charge on any atom is -0.488 e. The zero-order valence-electron chi connectivity index (χ0n) is 20.4. The summed E-state index contributed by atoms with van der Waals surface area (Å²) >= 11 is 5.96. The summed E-state index contributed by atoms with van der Waals surface area (Å²) in [7, 11) is 2.09. The van der Waals surface area contributed by atoms with E-state index in [9.17, 15) is 14.0 Å². The van der Waals surface area contributed by atoms with Crippen molar-refractivity contribution < 1.29 is 18.7 Å². The number of carbonyl (C=O) groups excluding carboxylic acids is 2. The number of benzene rings is 3. The van der Waals surface area contributed by atoms with Gasteiger partial charge in [0.1, 0.15) is 23.7 Å². The van der Waals surface area contributed by atoms with E-state index < -0.39 is 18.2 Å². The van der Waals surface area contributed by atoms with Gasteiger partial charge >= 0.3 is 6.03 Å². The van der Waals surface area contributed by atoms with Crippen molar-refractivity contribution >= 4 is 34.9 Å². The van der Waals surface area contributed by atoms with Crippen molar-refractivity contribution in [1.29, 1.82) is 0 Å². The Morgan fingerprint density at radius 1 is 0.973 bits per heavy atom. The number of hydrogen-bond donors (Lipinski definition) is 2. The number of hydrogen-bond acceptors (Lipinski definition) is 4. The Balaban J connectivity index is 1.32. The highest BCUT2D eigenvalue weighted by molar-refractivity contribution is 6.30. The zero-order chi connectivity index (χ0) is 25.9. The van der Waals surface area contributed by atoms with Gasteiger partial charge in [0, 0.05) is 35.9 Å². The van der Waals surface area contributed by atoms with Crippen LogP contribution in [-0.2, 0) is 17.8 Å². The minimum atomic E-state index is -0.750. The lowest BCUT2D eigenvalue weighted by Gasteiger charge is -2.26. The van der Waals surface area contributed by atoms with Gasteiger partial charge in [-0.05, 0) is 85.3 Å². The molecule has 0 bridgehead atoms. The van der Waals surface area contributed by atoms with Gasteiger partial charge in [-0.3, -0.25) is 4.79 Å². The summed E-state index contributed by atoms with van der Waals surface area (Å²) in [6, 6.07) is 17.2. The molecule has 2 aliphatic rings. The van der Waals surface area contributed by atoms with E-state index in [-0.39, 0.29) is 18.3 Å². The summed E-state index contributed by atoms with van der Waals surface area (Å²) < 4.78 is 19.3. The Bertz CT molecular complexity index is 1290. The van der Waals surface area contributed by atoms with Gasteiger partial charge in [0.05, 0.1) is 6.54 Å². The van der Waals surface area contributed by atoms with Crippen molar-refractivity contribution in [2.45, 2.75) is 31.5 Å². The van der Waals surface area contributed by atoms with Crippen molar-refractivity contribution in [2.24, 2.45) is 0 Å². The van der Waals surface area contributed by atoms with Crippen LogP contribution in [0.2, 0.25) is 5.02 Å². The fourth-order valence-corrected chi connectivity index (χ4v) is 4.91. The summed E-state index contributed by atoms with van der Waals surface area (Å²) in [6.07, 6.45) is 0.783. The molecule has 192 valence electrons. The number of urea groups is 1. The molecule has 5 rings (SSSR count). The highest BCUT2D eigenvalue weighted by atomic mass is 35.5. The molecule has 3 aromatic carbocycles. The predicted molar refractivity (Wildman–Crippen MR) is 142 cm³/mol. The fourth-order valence-electron chi connectivity index (χ4n) is 4.79. The SMILES string of the molecule is CN1CCc2cc(NC(=O)[C@H]3CC(Oc4ccc(F)cc4)CN3C(=O)Nc3ccc(Cl)cc3)ccc2C1. The van der Waals surface area contributed by atoms with Crippen molar-refractivity contribution in [3.8, 4) is 5.75 Å². The number of halogens is 2. The lowest BCUT2D eigenvalue weighted by Crippen LogP contribution is -2.45. The highest BCUT2D eigenvalue weighted by Gasteiger charge is 2.41. The molecule has 2 atom stereocenters. The molecule has 37 heavy (non-hydrogen) atoms. The first kappa shape index (κ1) is 25.0. The van der Waals surface area contributed by atoms with Gasteiger partial charge in [-0.2, -0.15) is 0 Å². The molecular weight excluding hydrogens is 495 g/mol. The predicted octanol–water partition coefficient (Wildman–Crippen LogP) is 5.16. The van der Waals surface area contributed by atoms with E-state index in [0.717, 1.165) is 19.5 Å². The second-order valence-electron chi connectivity index (χ2n) is 9.50. The van der Waals surface area contributed by atoms with Crippen LogP contribution in [0.15, 0.2) is 66.7 Å². The van der Waals surface area contributed by atoms with Crippen LogP contribution in [0.4, 0.5) is 20.6 Å². The highest BCUT2D eigenvalue weighted by Crippen LogP contribution is 2.27. The summed E-state index contributed by atoms with van der Waals surface area (Å²) in [5.74, 6) is -0.175. The molecule has 3 aromatic rings. The Morgan fingerprint density at radius 3 is 2.46 bits per heavy atom. The number of ether oxygens (including phenoxy) is 1. The molecule has 1 fully saturated rings. The summed E-state index contributed by atoms with van der Waals surface area (Å²) in [5, 5.41) is 6.39. The van der Waals surface area contributed by atoms with Gasteiger partial charge < -0.3 is 25.2 Å². The molecule has 3 amide bonds. The van der Waals surface area contributed by atoms with Crippen LogP contribution in [0.1, 0.15) is 17.5 Å². The molecule has 1 unspecified atom stereocenters. The first-order valence-electron chi connectivity index (χ1n) is 12.2. The van der Waals surface area contributed by atoms with Gasteiger partial charge in [-0.15, -0.1) is 0 Å². The van der Waals surface area contributed by atoms with Crippen LogP contribution < -0.4 is 15.4 Å². The van der Waals surface area contributed by atoms with E-state index in [1.807, 2.05) is 18.2 Å². The number of likely N-dealkylation sites (tertiary alicyclic amines) is 1. The fraction of sp³-hybridized carbons (Fsp3) is 0.286. The average Bonchev–Trinajstić information content (AvgIpc) is 3.31. The number of likely N-dealkylation sites (N-methyl/N-ethyl adjacent to an activating group) is 1. The number of fused-ring (bicyclic) bond motifs is 1. The number of amides is 3. The third-order valence-corrected chi connectivity index (χ3v) is 6.97. The molecule has 0 aromatic heterocycles. The van der Waals surface area contributed by atoms with E-state index in [1.54, 1.807) is 24.3 Å². The first-order valence-corrected chi connectivity index (χ1v) is 12.6. The van der Waals surface area contributed by atoms with E-state index in [0.29, 0.717) is 28.6 Å². The van der Waals surface area contributed by atoms with Gasteiger partial charge in [0.15, 0.2) is 0 Å². The molecule has 0 aliphatic carbocycles. The normalized spacial score (nSPS) is 19.3. The summed E-state index contributed by atoms with van der Waals surface area (Å²) in [6.45, 7) is 2.05.